The van der Waals surface area contributed by atoms with Crippen molar-refractivity contribution in [2.24, 2.45) is 0 Å². The smallest absolute Gasteiger partial charge is 0.334 e. The first-order valence-corrected chi connectivity index (χ1v) is 5.00. The molecule has 0 fully saturated rings. The van der Waals surface area contributed by atoms with Gasteiger partial charge in [0.1, 0.15) is 0 Å². The van der Waals surface area contributed by atoms with E-state index in [9.17, 15) is 18.0 Å². The van der Waals surface area contributed by atoms with Crippen LogP contribution in [-0.2, 0) is 24.4 Å². The molecule has 1 unspecified atom stereocenters. The average molecular weight is 210 g/mol. The summed E-state index contributed by atoms with van der Waals surface area (Å²) >= 11 is 0. The van der Waals surface area contributed by atoms with Gasteiger partial charge in [-0.3, -0.25) is 14.1 Å². The topological polar surface area (TPSA) is 97.7 Å². The van der Waals surface area contributed by atoms with Crippen LogP contribution >= 0.6 is 0 Å². The first-order chi connectivity index (χ1) is 5.79. The molecule has 6 nitrogen and oxygen atoms in total. The summed E-state index contributed by atoms with van der Waals surface area (Å²) in [4.78, 5) is 21.3. The predicted octanol–water partition coefficient (Wildman–Crippen LogP) is -0.257. The molecule has 0 aromatic rings. The molecule has 0 aromatic carbocycles. The van der Waals surface area contributed by atoms with E-state index in [1.807, 2.05) is 0 Å². The van der Waals surface area contributed by atoms with E-state index in [1.165, 1.54) is 6.92 Å². The maximum Gasteiger partial charge on any atom is 0.334 e. The molecule has 1 N–H and O–H groups in total. The van der Waals surface area contributed by atoms with Gasteiger partial charge in [0, 0.05) is 6.42 Å². The van der Waals surface area contributed by atoms with Gasteiger partial charge < -0.3 is 4.74 Å². The van der Waals surface area contributed by atoms with Crippen molar-refractivity contribution in [1.29, 1.82) is 0 Å². The summed E-state index contributed by atoms with van der Waals surface area (Å²) in [5, 5.41) is -1.73. The Hall–Kier alpha value is -0.950. The van der Waals surface area contributed by atoms with Crippen LogP contribution in [0.25, 0.3) is 0 Å². The van der Waals surface area contributed by atoms with Crippen LogP contribution in [0.1, 0.15) is 20.3 Å². The summed E-state index contributed by atoms with van der Waals surface area (Å²) in [5.41, 5.74) is 0. The van der Waals surface area contributed by atoms with E-state index in [2.05, 4.69) is 4.74 Å². The molecule has 76 valence electrons. The van der Waals surface area contributed by atoms with Gasteiger partial charge in [0.2, 0.25) is 0 Å². The Morgan fingerprint density at radius 1 is 1.46 bits per heavy atom. The van der Waals surface area contributed by atoms with Gasteiger partial charge in [-0.1, -0.05) is 6.92 Å². The molecule has 7 heteroatoms. The van der Waals surface area contributed by atoms with Crippen molar-refractivity contribution in [1.82, 2.24) is 0 Å². The van der Waals surface area contributed by atoms with Crippen LogP contribution in [0.3, 0.4) is 0 Å². The van der Waals surface area contributed by atoms with Crippen LogP contribution in [0, 0.1) is 0 Å². The van der Waals surface area contributed by atoms with Crippen LogP contribution in [0.5, 0.6) is 0 Å². The Morgan fingerprint density at radius 3 is 2.23 bits per heavy atom. The normalized spacial score (nSPS) is 13.5. The van der Waals surface area contributed by atoms with E-state index in [-0.39, 0.29) is 6.42 Å². The van der Waals surface area contributed by atoms with E-state index in [0.717, 1.165) is 6.92 Å². The van der Waals surface area contributed by atoms with Gasteiger partial charge >= 0.3 is 11.9 Å². The molecule has 0 amide bonds. The van der Waals surface area contributed by atoms with Crippen molar-refractivity contribution in [2.45, 2.75) is 25.5 Å². The second-order valence-electron chi connectivity index (χ2n) is 2.30. The quantitative estimate of drug-likeness (QED) is 0.391. The van der Waals surface area contributed by atoms with E-state index in [1.54, 1.807) is 0 Å². The molecule has 0 aliphatic heterocycles. The Bertz CT molecular complexity index is 303. The Balaban J connectivity index is 4.38. The van der Waals surface area contributed by atoms with E-state index in [4.69, 9.17) is 4.55 Å². The second kappa shape index (κ2) is 4.33. The minimum Gasteiger partial charge on any atom is -0.392 e. The fourth-order valence-corrected chi connectivity index (χ4v) is 0.680. The number of ether oxygens (including phenoxy) is 1. The van der Waals surface area contributed by atoms with Crippen LogP contribution < -0.4 is 0 Å². The molecule has 0 radical (unpaired) electrons. The van der Waals surface area contributed by atoms with Crippen LogP contribution in [0.2, 0.25) is 0 Å². The summed E-state index contributed by atoms with van der Waals surface area (Å²) in [7, 11) is -4.48. The summed E-state index contributed by atoms with van der Waals surface area (Å²) < 4.78 is 33.2. The van der Waals surface area contributed by atoms with Gasteiger partial charge in [-0.15, -0.1) is 0 Å². The molecule has 0 heterocycles. The predicted molar refractivity (Wildman–Crippen MR) is 42.4 cm³/mol. The van der Waals surface area contributed by atoms with Gasteiger partial charge in [-0.2, -0.15) is 8.42 Å². The number of esters is 2. The summed E-state index contributed by atoms with van der Waals surface area (Å²) in [5.74, 6) is -2.10. The first kappa shape index (κ1) is 12.0. The van der Waals surface area contributed by atoms with Crippen LogP contribution in [0.4, 0.5) is 0 Å². The second-order valence-corrected chi connectivity index (χ2v) is 4.04. The minimum absolute atomic E-state index is 0.0378. The fourth-order valence-electron chi connectivity index (χ4n) is 0.389. The Morgan fingerprint density at radius 2 is 1.92 bits per heavy atom. The highest BCUT2D eigenvalue weighted by Gasteiger charge is 2.28. The molecule has 1 atom stereocenters. The lowest BCUT2D eigenvalue weighted by Crippen LogP contribution is -2.30. The van der Waals surface area contributed by atoms with Crippen LogP contribution in [-0.4, -0.2) is 30.2 Å². The highest BCUT2D eigenvalue weighted by Crippen LogP contribution is 2.01. The van der Waals surface area contributed by atoms with Gasteiger partial charge in [0.05, 0.1) is 0 Å². The molecular formula is C6H10O6S. The third-order valence-corrected chi connectivity index (χ3v) is 2.37. The standard InChI is InChI=1S/C6H10O6S/c1-3-5(7)12-6(8)4(2)13(9,10)11/h4H,3H2,1-2H3,(H,9,10,11). The van der Waals surface area contributed by atoms with E-state index < -0.39 is 27.3 Å². The van der Waals surface area contributed by atoms with Crippen LogP contribution in [0.15, 0.2) is 0 Å². The molecule has 0 bridgehead atoms. The van der Waals surface area contributed by atoms with E-state index in [0.29, 0.717) is 0 Å². The van der Waals surface area contributed by atoms with Gasteiger partial charge in [0.25, 0.3) is 10.1 Å². The highest BCUT2D eigenvalue weighted by molar-refractivity contribution is 7.87. The first-order valence-electron chi connectivity index (χ1n) is 3.49. The monoisotopic (exact) mass is 210 g/mol. The zero-order valence-corrected chi connectivity index (χ0v) is 8.00. The Kier molecular flexibility index (Phi) is 4.02. The Labute approximate surface area is 75.6 Å². The van der Waals surface area contributed by atoms with Crippen molar-refractivity contribution in [3.63, 3.8) is 0 Å². The molecule has 0 saturated carbocycles. The SMILES string of the molecule is CCC(=O)OC(=O)C(C)S(=O)(=O)O. The lowest BCUT2D eigenvalue weighted by molar-refractivity contribution is -0.158. The minimum atomic E-state index is -4.48. The third-order valence-electron chi connectivity index (χ3n) is 1.28. The van der Waals surface area contributed by atoms with Crippen molar-refractivity contribution in [3.05, 3.63) is 0 Å². The number of carbonyl (C=O) groups excluding carboxylic acids is 2. The number of rotatable bonds is 3. The number of carbonyl (C=O) groups is 2. The van der Waals surface area contributed by atoms with Crippen molar-refractivity contribution >= 4 is 22.1 Å². The maximum atomic E-state index is 10.8. The molecule has 13 heavy (non-hydrogen) atoms. The average Bonchev–Trinajstić information content (AvgIpc) is 2.01. The molecule has 0 aliphatic rings. The van der Waals surface area contributed by atoms with Crippen molar-refractivity contribution in [2.75, 3.05) is 0 Å². The summed E-state index contributed by atoms with van der Waals surface area (Å²) in [6, 6.07) is 0. The van der Waals surface area contributed by atoms with Gasteiger partial charge in [0.15, 0.2) is 5.25 Å². The molecular weight excluding hydrogens is 200 g/mol. The van der Waals surface area contributed by atoms with Crippen molar-refractivity contribution < 1.29 is 27.3 Å². The number of hydrogen-bond donors (Lipinski definition) is 1. The summed E-state index contributed by atoms with van der Waals surface area (Å²) in [6.07, 6.45) is -0.0378. The summed E-state index contributed by atoms with van der Waals surface area (Å²) in [6.45, 7) is 2.38. The molecule has 0 spiro atoms. The lowest BCUT2D eigenvalue weighted by Gasteiger charge is -2.05. The zero-order valence-electron chi connectivity index (χ0n) is 7.18. The van der Waals surface area contributed by atoms with Gasteiger partial charge in [-0.05, 0) is 6.92 Å². The fraction of sp³-hybridized carbons (Fsp3) is 0.667. The molecule has 0 saturated heterocycles. The van der Waals surface area contributed by atoms with E-state index >= 15 is 0 Å². The lowest BCUT2D eigenvalue weighted by atomic mass is 10.4. The largest absolute Gasteiger partial charge is 0.392 e. The molecule has 0 aliphatic carbocycles. The highest BCUT2D eigenvalue weighted by atomic mass is 32.2. The molecule has 0 rings (SSSR count). The third kappa shape index (κ3) is 4.00. The molecule has 0 aromatic heterocycles. The number of hydrogen-bond acceptors (Lipinski definition) is 5. The van der Waals surface area contributed by atoms with Gasteiger partial charge in [-0.25, -0.2) is 0 Å². The zero-order chi connectivity index (χ0) is 10.6. The maximum absolute atomic E-state index is 10.8. The van der Waals surface area contributed by atoms with Crippen molar-refractivity contribution in [3.8, 4) is 0 Å².